The Labute approximate surface area is 123 Å². The summed E-state index contributed by atoms with van der Waals surface area (Å²) >= 11 is 0. The standard InChI is InChI=1S/C14H21N3O4/c1-2-21-11-8-6-10(7-9-11)4-3-5-12(13(15)18)17(16)14(19)20/h6-9,12H,2-5,16H2,1H3,(H2,15,18)(H,19,20). The summed E-state index contributed by atoms with van der Waals surface area (Å²) in [7, 11) is 0. The number of hydrogen-bond donors (Lipinski definition) is 3. The van der Waals surface area contributed by atoms with Crippen molar-refractivity contribution in [1.82, 2.24) is 5.01 Å². The molecule has 1 aromatic carbocycles. The van der Waals surface area contributed by atoms with Crippen LogP contribution in [0.25, 0.3) is 0 Å². The van der Waals surface area contributed by atoms with Gasteiger partial charge in [0.05, 0.1) is 6.61 Å². The molecule has 0 radical (unpaired) electrons. The van der Waals surface area contributed by atoms with Gasteiger partial charge in [-0.1, -0.05) is 12.1 Å². The number of aryl methyl sites for hydroxylation is 1. The molecule has 7 heteroatoms. The maximum atomic E-state index is 11.2. The molecule has 2 amide bonds. The van der Waals surface area contributed by atoms with Crippen LogP contribution in [0.15, 0.2) is 24.3 Å². The third-order valence-corrected chi connectivity index (χ3v) is 3.06. The second-order valence-corrected chi connectivity index (χ2v) is 4.58. The maximum Gasteiger partial charge on any atom is 0.422 e. The number of nitrogens with two attached hydrogens (primary N) is 2. The Hall–Kier alpha value is -2.28. The van der Waals surface area contributed by atoms with Gasteiger partial charge in [0, 0.05) is 0 Å². The molecule has 0 saturated carbocycles. The predicted molar refractivity (Wildman–Crippen MR) is 77.6 cm³/mol. The monoisotopic (exact) mass is 295 g/mol. The average Bonchev–Trinajstić information content (AvgIpc) is 2.44. The molecule has 1 rings (SSSR count). The zero-order valence-corrected chi connectivity index (χ0v) is 12.0. The Morgan fingerprint density at radius 1 is 1.33 bits per heavy atom. The Bertz CT molecular complexity index is 476. The fourth-order valence-corrected chi connectivity index (χ4v) is 1.97. The van der Waals surface area contributed by atoms with Crippen LogP contribution in [0.5, 0.6) is 5.75 Å². The van der Waals surface area contributed by atoms with Gasteiger partial charge in [0.15, 0.2) is 0 Å². The van der Waals surface area contributed by atoms with Crippen molar-refractivity contribution < 1.29 is 19.4 Å². The van der Waals surface area contributed by atoms with Gasteiger partial charge in [-0.2, -0.15) is 0 Å². The summed E-state index contributed by atoms with van der Waals surface area (Å²) in [4.78, 5) is 22.0. The predicted octanol–water partition coefficient (Wildman–Crippen LogP) is 1.12. The smallest absolute Gasteiger partial charge is 0.422 e. The van der Waals surface area contributed by atoms with Gasteiger partial charge in [0.2, 0.25) is 5.91 Å². The summed E-state index contributed by atoms with van der Waals surface area (Å²) in [6.07, 6.45) is 0.206. The number of carbonyl (C=O) groups excluding carboxylic acids is 1. The molecular formula is C14H21N3O4. The van der Waals surface area contributed by atoms with Crippen molar-refractivity contribution in [2.75, 3.05) is 6.61 Å². The molecule has 0 aliphatic carbocycles. The van der Waals surface area contributed by atoms with Gasteiger partial charge in [-0.25, -0.2) is 15.6 Å². The second kappa shape index (κ2) is 8.11. The third-order valence-electron chi connectivity index (χ3n) is 3.06. The average molecular weight is 295 g/mol. The third kappa shape index (κ3) is 5.31. The Morgan fingerprint density at radius 3 is 2.43 bits per heavy atom. The number of rotatable bonds is 8. The highest BCUT2D eigenvalue weighted by Crippen LogP contribution is 2.15. The molecule has 0 saturated heterocycles. The number of carbonyl (C=O) groups is 2. The number of primary amides is 1. The zero-order valence-electron chi connectivity index (χ0n) is 12.0. The maximum absolute atomic E-state index is 11.2. The van der Waals surface area contributed by atoms with Crippen LogP contribution in [0.1, 0.15) is 25.3 Å². The van der Waals surface area contributed by atoms with E-state index in [4.69, 9.17) is 21.4 Å². The van der Waals surface area contributed by atoms with Crippen LogP contribution < -0.4 is 16.3 Å². The molecule has 116 valence electrons. The van der Waals surface area contributed by atoms with Crippen LogP contribution in [-0.4, -0.2) is 34.8 Å². The summed E-state index contributed by atoms with van der Waals surface area (Å²) in [5.74, 6) is 5.37. The van der Waals surface area contributed by atoms with Gasteiger partial charge < -0.3 is 15.6 Å². The molecule has 1 aromatic rings. The first-order valence-corrected chi connectivity index (χ1v) is 6.73. The van der Waals surface area contributed by atoms with Crippen molar-refractivity contribution in [3.8, 4) is 5.75 Å². The number of benzene rings is 1. The minimum atomic E-state index is -1.38. The van der Waals surface area contributed by atoms with E-state index in [0.717, 1.165) is 11.3 Å². The van der Waals surface area contributed by atoms with Crippen LogP contribution in [0, 0.1) is 0 Å². The van der Waals surface area contributed by atoms with Crippen LogP contribution in [0.4, 0.5) is 4.79 Å². The lowest BCUT2D eigenvalue weighted by molar-refractivity contribution is -0.123. The van der Waals surface area contributed by atoms with Crippen LogP contribution in [0.3, 0.4) is 0 Å². The van der Waals surface area contributed by atoms with Crippen molar-refractivity contribution in [3.05, 3.63) is 29.8 Å². The van der Waals surface area contributed by atoms with Gasteiger partial charge in [-0.15, -0.1) is 0 Å². The molecule has 0 bridgehead atoms. The Morgan fingerprint density at radius 2 is 1.95 bits per heavy atom. The number of carboxylic acid groups (broad SMARTS) is 1. The van der Waals surface area contributed by atoms with Gasteiger partial charge in [-0.05, 0) is 43.9 Å². The Balaban J connectivity index is 2.50. The van der Waals surface area contributed by atoms with Crippen molar-refractivity contribution in [3.63, 3.8) is 0 Å². The van der Waals surface area contributed by atoms with Gasteiger partial charge in [-0.3, -0.25) is 4.79 Å². The Kier molecular flexibility index (Phi) is 6.48. The largest absolute Gasteiger partial charge is 0.494 e. The molecule has 0 aliphatic rings. The molecule has 1 atom stereocenters. The fourth-order valence-electron chi connectivity index (χ4n) is 1.97. The summed E-state index contributed by atoms with van der Waals surface area (Å²) < 4.78 is 5.34. The van der Waals surface area contributed by atoms with Crippen molar-refractivity contribution >= 4 is 12.0 Å². The van der Waals surface area contributed by atoms with Gasteiger partial charge in [0.1, 0.15) is 11.8 Å². The van der Waals surface area contributed by atoms with E-state index in [1.54, 1.807) is 0 Å². The lowest BCUT2D eigenvalue weighted by Gasteiger charge is -2.21. The van der Waals surface area contributed by atoms with E-state index in [9.17, 15) is 9.59 Å². The van der Waals surface area contributed by atoms with E-state index in [0.29, 0.717) is 24.5 Å². The summed E-state index contributed by atoms with van der Waals surface area (Å²) in [6, 6.07) is 6.60. The number of hydrazine groups is 1. The lowest BCUT2D eigenvalue weighted by atomic mass is 10.0. The lowest BCUT2D eigenvalue weighted by Crippen LogP contribution is -2.51. The van der Waals surface area contributed by atoms with Crippen molar-refractivity contribution in [2.24, 2.45) is 11.6 Å². The molecule has 5 N–H and O–H groups in total. The van der Waals surface area contributed by atoms with Crippen LogP contribution >= 0.6 is 0 Å². The highest BCUT2D eigenvalue weighted by Gasteiger charge is 2.24. The highest BCUT2D eigenvalue weighted by molar-refractivity contribution is 5.83. The first-order valence-electron chi connectivity index (χ1n) is 6.73. The van der Waals surface area contributed by atoms with E-state index in [1.807, 2.05) is 31.2 Å². The summed E-state index contributed by atoms with van der Waals surface area (Å²) in [6.45, 7) is 2.53. The van der Waals surface area contributed by atoms with E-state index >= 15 is 0 Å². The first kappa shape index (κ1) is 16.8. The minimum Gasteiger partial charge on any atom is -0.494 e. The molecule has 21 heavy (non-hydrogen) atoms. The topological polar surface area (TPSA) is 119 Å². The summed E-state index contributed by atoms with van der Waals surface area (Å²) in [5.41, 5.74) is 6.24. The molecule has 0 fully saturated rings. The molecule has 0 aliphatic heterocycles. The van der Waals surface area contributed by atoms with E-state index in [-0.39, 0.29) is 6.42 Å². The first-order chi connectivity index (χ1) is 9.95. The number of hydrogen-bond acceptors (Lipinski definition) is 4. The van der Waals surface area contributed by atoms with Crippen LogP contribution in [0.2, 0.25) is 0 Å². The van der Waals surface area contributed by atoms with E-state index in [2.05, 4.69) is 0 Å². The highest BCUT2D eigenvalue weighted by atomic mass is 16.5. The van der Waals surface area contributed by atoms with Gasteiger partial charge >= 0.3 is 6.09 Å². The normalized spacial score (nSPS) is 11.7. The molecule has 0 aromatic heterocycles. The fraction of sp³-hybridized carbons (Fsp3) is 0.429. The molecule has 1 unspecified atom stereocenters. The minimum absolute atomic E-state index is 0.283. The van der Waals surface area contributed by atoms with E-state index in [1.165, 1.54) is 0 Å². The van der Waals surface area contributed by atoms with Gasteiger partial charge in [0.25, 0.3) is 0 Å². The number of ether oxygens (including phenoxy) is 1. The van der Waals surface area contributed by atoms with Crippen molar-refractivity contribution in [2.45, 2.75) is 32.2 Å². The summed E-state index contributed by atoms with van der Waals surface area (Å²) in [5, 5.41) is 9.24. The SMILES string of the molecule is CCOc1ccc(CCCC(C(N)=O)N(N)C(=O)O)cc1. The van der Waals surface area contributed by atoms with Crippen LogP contribution in [-0.2, 0) is 11.2 Å². The van der Waals surface area contributed by atoms with Crippen molar-refractivity contribution in [1.29, 1.82) is 0 Å². The van der Waals surface area contributed by atoms with E-state index < -0.39 is 18.0 Å². The molecule has 0 spiro atoms. The number of amides is 2. The molecular weight excluding hydrogens is 274 g/mol. The zero-order chi connectivity index (χ0) is 15.8. The molecule has 0 heterocycles. The second-order valence-electron chi connectivity index (χ2n) is 4.58. The number of nitrogens with zero attached hydrogens (tertiary/aromatic N) is 1. The quantitative estimate of drug-likeness (QED) is 0.377. The molecule has 7 nitrogen and oxygen atoms in total.